The Hall–Kier alpha value is -3.25. The molecule has 0 atom stereocenters. The zero-order valence-corrected chi connectivity index (χ0v) is 13.7. The van der Waals surface area contributed by atoms with Gasteiger partial charge in [-0.2, -0.15) is 10.5 Å². The van der Waals surface area contributed by atoms with Gasteiger partial charge in [0.1, 0.15) is 11.6 Å². The van der Waals surface area contributed by atoms with Gasteiger partial charge in [-0.05, 0) is 43.9 Å². The molecular formula is C15H18N8O. The lowest BCUT2D eigenvalue weighted by molar-refractivity contribution is -0.116. The standard InChI is InChI=1S/C15H18N8O/c1-10-12(17-8-11(7-16)15-19-21-22-20-15)5-4-6-13(10)18-14(24)9-23(2)3/h4-6,8,17H,9H2,1-3H3,(H,18,24)(H,19,20,21,22). The molecular weight excluding hydrogens is 308 g/mol. The van der Waals surface area contributed by atoms with Gasteiger partial charge in [-0.25, -0.2) is 0 Å². The zero-order valence-electron chi connectivity index (χ0n) is 13.7. The number of carbonyl (C=O) groups excluding carboxylic acids is 1. The van der Waals surface area contributed by atoms with Crippen LogP contribution in [0.25, 0.3) is 5.57 Å². The number of likely N-dealkylation sites (N-methyl/N-ethyl adjacent to an activating group) is 1. The number of allylic oxidation sites excluding steroid dienone is 1. The van der Waals surface area contributed by atoms with Gasteiger partial charge in [0.25, 0.3) is 0 Å². The Labute approximate surface area is 139 Å². The second kappa shape index (κ2) is 7.85. The number of benzene rings is 1. The number of hydrogen-bond donors (Lipinski definition) is 3. The lowest BCUT2D eigenvalue weighted by atomic mass is 10.1. The molecule has 1 amide bonds. The zero-order chi connectivity index (χ0) is 17.5. The molecule has 0 aliphatic heterocycles. The summed E-state index contributed by atoms with van der Waals surface area (Å²) < 4.78 is 0. The molecule has 0 spiro atoms. The van der Waals surface area contributed by atoms with Gasteiger partial charge in [-0.1, -0.05) is 6.07 Å². The number of carbonyl (C=O) groups is 1. The smallest absolute Gasteiger partial charge is 0.238 e. The van der Waals surface area contributed by atoms with Crippen molar-refractivity contribution in [2.45, 2.75) is 6.92 Å². The first-order valence-electron chi connectivity index (χ1n) is 7.16. The fourth-order valence-corrected chi connectivity index (χ4v) is 1.98. The fraction of sp³-hybridized carbons (Fsp3) is 0.267. The molecule has 0 fully saturated rings. The molecule has 0 saturated heterocycles. The summed E-state index contributed by atoms with van der Waals surface area (Å²) in [7, 11) is 3.66. The first-order valence-corrected chi connectivity index (χ1v) is 7.16. The van der Waals surface area contributed by atoms with E-state index in [0.717, 1.165) is 11.3 Å². The molecule has 1 heterocycles. The third-order valence-electron chi connectivity index (χ3n) is 3.15. The van der Waals surface area contributed by atoms with Crippen molar-refractivity contribution in [2.75, 3.05) is 31.3 Å². The Kier molecular flexibility index (Phi) is 5.59. The van der Waals surface area contributed by atoms with E-state index in [1.165, 1.54) is 6.20 Å². The van der Waals surface area contributed by atoms with Crippen LogP contribution in [0.3, 0.4) is 0 Å². The summed E-state index contributed by atoms with van der Waals surface area (Å²) in [6.45, 7) is 2.18. The van der Waals surface area contributed by atoms with Gasteiger partial charge in [-0.15, -0.1) is 10.2 Å². The van der Waals surface area contributed by atoms with E-state index in [-0.39, 0.29) is 17.3 Å². The van der Waals surface area contributed by atoms with Crippen LogP contribution in [0.1, 0.15) is 11.4 Å². The van der Waals surface area contributed by atoms with E-state index in [9.17, 15) is 4.79 Å². The number of nitrogens with one attached hydrogen (secondary N) is 3. The fourth-order valence-electron chi connectivity index (χ4n) is 1.98. The van der Waals surface area contributed by atoms with E-state index in [0.29, 0.717) is 12.2 Å². The molecule has 1 aromatic carbocycles. The lowest BCUT2D eigenvalue weighted by Crippen LogP contribution is -2.27. The van der Waals surface area contributed by atoms with Gasteiger partial charge in [0.05, 0.1) is 6.54 Å². The molecule has 0 saturated carbocycles. The van der Waals surface area contributed by atoms with Gasteiger partial charge >= 0.3 is 0 Å². The van der Waals surface area contributed by atoms with Gasteiger partial charge < -0.3 is 15.5 Å². The van der Waals surface area contributed by atoms with Crippen LogP contribution in [0.2, 0.25) is 0 Å². The molecule has 0 unspecified atom stereocenters. The highest BCUT2D eigenvalue weighted by molar-refractivity contribution is 5.93. The Balaban J connectivity index is 2.16. The summed E-state index contributed by atoms with van der Waals surface area (Å²) in [6.07, 6.45) is 1.50. The number of tetrazole rings is 1. The predicted molar refractivity (Wildman–Crippen MR) is 89.8 cm³/mol. The Morgan fingerprint density at radius 1 is 1.42 bits per heavy atom. The van der Waals surface area contributed by atoms with Crippen LogP contribution in [0.15, 0.2) is 24.4 Å². The third-order valence-corrected chi connectivity index (χ3v) is 3.15. The molecule has 124 valence electrons. The number of amides is 1. The molecule has 3 N–H and O–H groups in total. The third kappa shape index (κ3) is 4.37. The van der Waals surface area contributed by atoms with E-state index in [1.807, 2.05) is 45.3 Å². The molecule has 2 rings (SSSR count). The molecule has 2 aromatic rings. The summed E-state index contributed by atoms with van der Waals surface area (Å²) in [4.78, 5) is 13.7. The van der Waals surface area contributed by atoms with Crippen molar-refractivity contribution in [3.63, 3.8) is 0 Å². The van der Waals surface area contributed by atoms with Gasteiger partial charge in [0.15, 0.2) is 0 Å². The monoisotopic (exact) mass is 326 g/mol. The van der Waals surface area contributed by atoms with Crippen LogP contribution in [0.4, 0.5) is 11.4 Å². The number of aromatic amines is 1. The van der Waals surface area contributed by atoms with Crippen LogP contribution in [-0.4, -0.2) is 52.1 Å². The largest absolute Gasteiger partial charge is 0.360 e. The molecule has 1 aromatic heterocycles. The normalized spacial score (nSPS) is 11.2. The van der Waals surface area contributed by atoms with Crippen molar-refractivity contribution in [3.05, 3.63) is 35.8 Å². The molecule has 0 aliphatic carbocycles. The van der Waals surface area contributed by atoms with E-state index in [4.69, 9.17) is 5.26 Å². The molecule has 9 heteroatoms. The van der Waals surface area contributed by atoms with Crippen LogP contribution in [0.5, 0.6) is 0 Å². The van der Waals surface area contributed by atoms with E-state index >= 15 is 0 Å². The maximum absolute atomic E-state index is 11.9. The number of rotatable bonds is 6. The summed E-state index contributed by atoms with van der Waals surface area (Å²) >= 11 is 0. The second-order valence-electron chi connectivity index (χ2n) is 5.31. The quantitative estimate of drug-likeness (QED) is 0.676. The lowest BCUT2D eigenvalue weighted by Gasteiger charge is -2.14. The molecule has 0 aliphatic rings. The minimum absolute atomic E-state index is 0.0969. The Morgan fingerprint density at radius 2 is 2.17 bits per heavy atom. The van der Waals surface area contributed by atoms with Crippen molar-refractivity contribution >= 4 is 22.9 Å². The number of aromatic nitrogens is 4. The van der Waals surface area contributed by atoms with Crippen LogP contribution >= 0.6 is 0 Å². The molecule has 9 nitrogen and oxygen atoms in total. The van der Waals surface area contributed by atoms with Gasteiger partial charge in [0.2, 0.25) is 11.7 Å². The number of H-pyrrole nitrogens is 1. The van der Waals surface area contributed by atoms with Crippen molar-refractivity contribution < 1.29 is 4.79 Å². The van der Waals surface area contributed by atoms with E-state index in [1.54, 1.807) is 4.90 Å². The molecule has 0 bridgehead atoms. The number of nitrogens with zero attached hydrogens (tertiary/aromatic N) is 5. The average molecular weight is 326 g/mol. The van der Waals surface area contributed by atoms with Crippen molar-refractivity contribution in [3.8, 4) is 6.07 Å². The first-order chi connectivity index (χ1) is 11.5. The van der Waals surface area contributed by atoms with E-state index in [2.05, 4.69) is 31.3 Å². The molecule has 0 radical (unpaired) electrons. The highest BCUT2D eigenvalue weighted by Gasteiger charge is 2.09. The van der Waals surface area contributed by atoms with Crippen molar-refractivity contribution in [2.24, 2.45) is 0 Å². The van der Waals surface area contributed by atoms with Gasteiger partial charge in [0, 0.05) is 17.6 Å². The molecule has 24 heavy (non-hydrogen) atoms. The first kappa shape index (κ1) is 17.1. The van der Waals surface area contributed by atoms with Crippen molar-refractivity contribution in [1.82, 2.24) is 25.5 Å². The van der Waals surface area contributed by atoms with Crippen LogP contribution < -0.4 is 10.6 Å². The average Bonchev–Trinajstić information content (AvgIpc) is 3.05. The maximum Gasteiger partial charge on any atom is 0.238 e. The topological polar surface area (TPSA) is 123 Å². The number of anilines is 2. The van der Waals surface area contributed by atoms with Gasteiger partial charge in [-0.3, -0.25) is 4.79 Å². The van der Waals surface area contributed by atoms with Crippen molar-refractivity contribution in [1.29, 1.82) is 5.26 Å². The summed E-state index contributed by atoms with van der Waals surface area (Å²) in [5.74, 6) is 0.110. The Bertz CT molecular complexity index is 773. The highest BCUT2D eigenvalue weighted by Crippen LogP contribution is 2.24. The SMILES string of the molecule is Cc1c(NC=C(C#N)c2nn[nH]n2)cccc1NC(=O)CN(C)C. The Morgan fingerprint density at radius 3 is 2.79 bits per heavy atom. The van der Waals surface area contributed by atoms with Crippen LogP contribution in [-0.2, 0) is 4.79 Å². The van der Waals surface area contributed by atoms with E-state index < -0.39 is 0 Å². The van der Waals surface area contributed by atoms with Crippen LogP contribution in [0, 0.1) is 18.3 Å². The predicted octanol–water partition coefficient (Wildman–Crippen LogP) is 0.985. The summed E-state index contributed by atoms with van der Waals surface area (Å²) in [5.41, 5.74) is 2.56. The highest BCUT2D eigenvalue weighted by atomic mass is 16.2. The summed E-state index contributed by atoms with van der Waals surface area (Å²) in [5, 5.41) is 28.3. The maximum atomic E-state index is 11.9. The second-order valence-corrected chi connectivity index (χ2v) is 5.31. The number of nitriles is 1. The summed E-state index contributed by atoms with van der Waals surface area (Å²) in [6, 6.07) is 7.48. The minimum Gasteiger partial charge on any atom is -0.360 e. The number of hydrogen-bond acceptors (Lipinski definition) is 7. The minimum atomic E-state index is -0.0969.